The molecule has 0 amide bonds. The zero-order valence-electron chi connectivity index (χ0n) is 9.38. The molecule has 0 aliphatic rings. The summed E-state index contributed by atoms with van der Waals surface area (Å²) in [5, 5.41) is 13.1. The topological polar surface area (TPSA) is 70.6 Å². The molecule has 4 nitrogen and oxygen atoms in total. The molecule has 19 heavy (non-hydrogen) atoms. The van der Waals surface area contributed by atoms with Gasteiger partial charge in [-0.25, -0.2) is 4.39 Å². The number of hydrogen-bond donors (Lipinski definition) is 3. The van der Waals surface area contributed by atoms with Gasteiger partial charge in [0.2, 0.25) is 0 Å². The number of anilines is 1. The number of oxime groups is 1. The minimum absolute atomic E-state index is 0.139. The van der Waals surface area contributed by atoms with Gasteiger partial charge in [-0.15, -0.1) is 0 Å². The number of nitrogens with zero attached hydrogens (tertiary/aromatic N) is 1. The molecule has 0 aliphatic carbocycles. The van der Waals surface area contributed by atoms with Crippen molar-refractivity contribution in [1.29, 1.82) is 0 Å². The third kappa shape index (κ3) is 4.27. The van der Waals surface area contributed by atoms with E-state index in [1.54, 1.807) is 0 Å². The predicted octanol–water partition coefficient (Wildman–Crippen LogP) is 2.93. The molecule has 106 valence electrons. The third-order valence-electron chi connectivity index (χ3n) is 2.29. The molecule has 0 bridgehead atoms. The zero-order valence-corrected chi connectivity index (χ0v) is 11.0. The van der Waals surface area contributed by atoms with Gasteiger partial charge in [-0.3, -0.25) is 0 Å². The van der Waals surface area contributed by atoms with Crippen LogP contribution in [0.5, 0.6) is 0 Å². The third-order valence-corrected chi connectivity index (χ3v) is 2.98. The lowest BCUT2D eigenvalue weighted by Gasteiger charge is -2.20. The van der Waals surface area contributed by atoms with E-state index in [0.717, 1.165) is 12.1 Å². The van der Waals surface area contributed by atoms with E-state index in [1.807, 2.05) is 0 Å². The molecular weight excluding hydrogens is 334 g/mol. The number of alkyl halides is 3. The van der Waals surface area contributed by atoms with E-state index < -0.39 is 30.3 Å². The van der Waals surface area contributed by atoms with E-state index in [4.69, 9.17) is 10.9 Å². The summed E-state index contributed by atoms with van der Waals surface area (Å²) in [5.74, 6) is -3.74. The van der Waals surface area contributed by atoms with Crippen molar-refractivity contribution < 1.29 is 22.8 Å². The first-order valence-corrected chi connectivity index (χ1v) is 5.78. The number of halogens is 5. The summed E-state index contributed by atoms with van der Waals surface area (Å²) >= 11 is 3.06. The number of rotatable bonds is 4. The summed E-state index contributed by atoms with van der Waals surface area (Å²) in [5.41, 5.74) is 5.13. The van der Waals surface area contributed by atoms with E-state index in [1.165, 1.54) is 6.07 Å². The number of hydrogen-bond acceptors (Lipinski definition) is 3. The van der Waals surface area contributed by atoms with Crippen LogP contribution in [0.1, 0.15) is 0 Å². The maximum absolute atomic E-state index is 13.0. The molecule has 0 heterocycles. The van der Waals surface area contributed by atoms with Crippen molar-refractivity contribution >= 4 is 27.5 Å². The molecule has 1 aromatic rings. The molecule has 1 atom stereocenters. The summed E-state index contributed by atoms with van der Waals surface area (Å²) < 4.78 is 51.3. The van der Waals surface area contributed by atoms with E-state index in [2.05, 4.69) is 26.4 Å². The normalized spacial score (nSPS) is 14.3. The van der Waals surface area contributed by atoms with Gasteiger partial charge in [-0.05, 0) is 34.1 Å². The fraction of sp³-hybridized carbons (Fsp3) is 0.300. The van der Waals surface area contributed by atoms with Crippen LogP contribution in [0.4, 0.5) is 23.2 Å². The Kier molecular flexibility index (Phi) is 4.98. The van der Waals surface area contributed by atoms with Crippen LogP contribution in [0.2, 0.25) is 0 Å². The smallest absolute Gasteiger partial charge is 0.400 e. The molecule has 0 saturated heterocycles. The Morgan fingerprint density at radius 2 is 2.11 bits per heavy atom. The van der Waals surface area contributed by atoms with Gasteiger partial charge in [0.25, 0.3) is 0 Å². The average Bonchev–Trinajstić information content (AvgIpc) is 2.31. The molecule has 1 unspecified atom stereocenters. The van der Waals surface area contributed by atoms with Gasteiger partial charge in [0, 0.05) is 11.0 Å². The summed E-state index contributed by atoms with van der Waals surface area (Å²) in [6.45, 7) is -0.679. The van der Waals surface area contributed by atoms with Crippen molar-refractivity contribution in [2.45, 2.75) is 6.18 Å². The Labute approximate surface area is 114 Å². The maximum atomic E-state index is 13.0. The summed E-state index contributed by atoms with van der Waals surface area (Å²) in [4.78, 5) is 0. The van der Waals surface area contributed by atoms with Crippen molar-refractivity contribution in [3.63, 3.8) is 0 Å². The molecule has 0 aliphatic heterocycles. The SMILES string of the molecule is N/C(=N/O)C(CNc1cc(F)ccc1Br)C(F)(F)F. The van der Waals surface area contributed by atoms with Crippen LogP contribution in [0.25, 0.3) is 0 Å². The minimum Gasteiger partial charge on any atom is -0.409 e. The molecule has 0 spiro atoms. The highest BCUT2D eigenvalue weighted by Crippen LogP contribution is 2.28. The van der Waals surface area contributed by atoms with Gasteiger partial charge in [0.15, 0.2) is 5.84 Å². The molecule has 0 radical (unpaired) electrons. The van der Waals surface area contributed by atoms with Crippen molar-refractivity contribution in [1.82, 2.24) is 0 Å². The highest BCUT2D eigenvalue weighted by molar-refractivity contribution is 9.10. The van der Waals surface area contributed by atoms with Gasteiger partial charge in [0.05, 0.1) is 5.69 Å². The quantitative estimate of drug-likeness (QED) is 0.259. The Balaban J connectivity index is 2.85. The molecular formula is C10H10BrF4N3O. The molecule has 9 heteroatoms. The van der Waals surface area contributed by atoms with Crippen LogP contribution in [-0.4, -0.2) is 23.8 Å². The van der Waals surface area contributed by atoms with Gasteiger partial charge < -0.3 is 16.3 Å². The lowest BCUT2D eigenvalue weighted by atomic mass is 10.1. The molecule has 1 rings (SSSR count). The lowest BCUT2D eigenvalue weighted by molar-refractivity contribution is -0.152. The molecule has 0 saturated carbocycles. The van der Waals surface area contributed by atoms with Gasteiger partial charge in [-0.2, -0.15) is 13.2 Å². The first-order valence-electron chi connectivity index (χ1n) is 4.98. The fourth-order valence-electron chi connectivity index (χ4n) is 1.30. The summed E-state index contributed by atoms with van der Waals surface area (Å²) in [6.07, 6.45) is -4.68. The van der Waals surface area contributed by atoms with E-state index in [-0.39, 0.29) is 5.69 Å². The largest absolute Gasteiger partial charge is 0.409 e. The molecule has 0 fully saturated rings. The monoisotopic (exact) mass is 343 g/mol. The van der Waals surface area contributed by atoms with E-state index in [9.17, 15) is 17.6 Å². The number of amidine groups is 1. The number of benzene rings is 1. The Morgan fingerprint density at radius 1 is 1.47 bits per heavy atom. The first kappa shape index (κ1) is 15.5. The molecule has 4 N–H and O–H groups in total. The lowest BCUT2D eigenvalue weighted by Crippen LogP contribution is -2.40. The summed E-state index contributed by atoms with van der Waals surface area (Å²) in [6, 6.07) is 3.54. The molecule has 0 aromatic heterocycles. The van der Waals surface area contributed by atoms with Crippen LogP contribution in [0.15, 0.2) is 27.8 Å². The number of nitrogens with two attached hydrogens (primary N) is 1. The van der Waals surface area contributed by atoms with Crippen LogP contribution in [0.3, 0.4) is 0 Å². The van der Waals surface area contributed by atoms with Crippen molar-refractivity contribution in [3.8, 4) is 0 Å². The van der Waals surface area contributed by atoms with Crippen LogP contribution in [0, 0.1) is 11.7 Å². The fourth-order valence-corrected chi connectivity index (χ4v) is 1.69. The van der Waals surface area contributed by atoms with Crippen molar-refractivity contribution in [2.75, 3.05) is 11.9 Å². The van der Waals surface area contributed by atoms with Gasteiger partial charge in [0.1, 0.15) is 11.7 Å². The standard InChI is InChI=1S/C10H10BrF4N3O/c11-7-2-1-5(12)3-8(7)17-4-6(9(16)18-19)10(13,14)15/h1-3,6,17,19H,4H2,(H2,16,18). The van der Waals surface area contributed by atoms with Crippen molar-refractivity contribution in [2.24, 2.45) is 16.8 Å². The van der Waals surface area contributed by atoms with Crippen LogP contribution < -0.4 is 11.1 Å². The van der Waals surface area contributed by atoms with Crippen LogP contribution >= 0.6 is 15.9 Å². The van der Waals surface area contributed by atoms with Crippen LogP contribution in [-0.2, 0) is 0 Å². The Morgan fingerprint density at radius 3 is 2.63 bits per heavy atom. The highest BCUT2D eigenvalue weighted by Gasteiger charge is 2.42. The van der Waals surface area contributed by atoms with E-state index >= 15 is 0 Å². The highest BCUT2D eigenvalue weighted by atomic mass is 79.9. The second-order valence-electron chi connectivity index (χ2n) is 3.62. The predicted molar refractivity (Wildman–Crippen MR) is 65.5 cm³/mol. The molecule has 1 aromatic carbocycles. The average molecular weight is 344 g/mol. The number of nitrogens with one attached hydrogen (secondary N) is 1. The maximum Gasteiger partial charge on any atom is 0.400 e. The van der Waals surface area contributed by atoms with Gasteiger partial charge in [-0.1, -0.05) is 5.16 Å². The zero-order chi connectivity index (χ0) is 14.6. The second kappa shape index (κ2) is 6.09. The minimum atomic E-state index is -4.68. The first-order chi connectivity index (χ1) is 8.75. The Bertz CT molecular complexity index is 478. The Hall–Kier alpha value is -1.51. The second-order valence-corrected chi connectivity index (χ2v) is 4.48. The van der Waals surface area contributed by atoms with Crippen molar-refractivity contribution in [3.05, 3.63) is 28.5 Å². The van der Waals surface area contributed by atoms with Gasteiger partial charge >= 0.3 is 6.18 Å². The van der Waals surface area contributed by atoms with E-state index in [0.29, 0.717) is 4.47 Å². The summed E-state index contributed by atoms with van der Waals surface area (Å²) in [7, 11) is 0.